The molecule has 0 saturated heterocycles. The summed E-state index contributed by atoms with van der Waals surface area (Å²) in [5.74, 6) is 0.206. The van der Waals surface area contributed by atoms with Crippen molar-refractivity contribution >= 4 is 22.5 Å². The highest BCUT2D eigenvalue weighted by Gasteiger charge is 2.16. The first-order valence-electron chi connectivity index (χ1n) is 7.82. The zero-order valence-electron chi connectivity index (χ0n) is 13.4. The van der Waals surface area contributed by atoms with Gasteiger partial charge in [0.25, 0.3) is 0 Å². The number of halogens is 2. The molecule has 0 N–H and O–H groups in total. The lowest BCUT2D eigenvalue weighted by molar-refractivity contribution is 0.590. The molecule has 0 bridgehead atoms. The first kappa shape index (κ1) is 15.7. The van der Waals surface area contributed by atoms with E-state index in [1.54, 1.807) is 23.0 Å². The van der Waals surface area contributed by atoms with Gasteiger partial charge >= 0.3 is 0 Å². The summed E-state index contributed by atoms with van der Waals surface area (Å²) >= 11 is 6.14. The predicted octanol–water partition coefficient (Wildman–Crippen LogP) is 4.64. The molecule has 2 heterocycles. The van der Waals surface area contributed by atoms with Crippen molar-refractivity contribution in [1.29, 1.82) is 0 Å². The fraction of sp³-hybridized carbons (Fsp3) is 0.105. The van der Waals surface area contributed by atoms with Gasteiger partial charge in [-0.1, -0.05) is 48.0 Å². The molecule has 2 aromatic heterocycles. The van der Waals surface area contributed by atoms with Gasteiger partial charge in [0.2, 0.25) is 0 Å². The number of aryl methyl sites for hydroxylation is 1. The topological polar surface area (TPSA) is 43.6 Å². The van der Waals surface area contributed by atoms with E-state index in [0.29, 0.717) is 28.8 Å². The van der Waals surface area contributed by atoms with Crippen molar-refractivity contribution in [3.05, 3.63) is 76.8 Å². The SMILES string of the molecule is Cc1cnc(-c2nn(Cc3ccccc3F)c3ccccc23)nc1Cl. The summed E-state index contributed by atoms with van der Waals surface area (Å²) in [4.78, 5) is 8.69. The molecule has 0 spiro atoms. The zero-order valence-corrected chi connectivity index (χ0v) is 14.2. The summed E-state index contributed by atoms with van der Waals surface area (Å²) in [5, 5.41) is 5.94. The van der Waals surface area contributed by atoms with Crippen molar-refractivity contribution in [2.24, 2.45) is 0 Å². The van der Waals surface area contributed by atoms with Crippen LogP contribution in [0, 0.1) is 12.7 Å². The van der Waals surface area contributed by atoms with E-state index in [2.05, 4.69) is 15.1 Å². The van der Waals surface area contributed by atoms with E-state index in [0.717, 1.165) is 16.5 Å². The van der Waals surface area contributed by atoms with Crippen LogP contribution in [0.2, 0.25) is 5.15 Å². The fourth-order valence-corrected chi connectivity index (χ4v) is 2.87. The molecule has 0 aliphatic rings. The van der Waals surface area contributed by atoms with Crippen LogP contribution >= 0.6 is 11.6 Å². The quantitative estimate of drug-likeness (QED) is 0.504. The largest absolute Gasteiger partial charge is 0.260 e. The maximum absolute atomic E-state index is 14.0. The van der Waals surface area contributed by atoms with E-state index in [1.807, 2.05) is 37.3 Å². The van der Waals surface area contributed by atoms with E-state index in [9.17, 15) is 4.39 Å². The molecule has 4 nitrogen and oxygen atoms in total. The minimum atomic E-state index is -0.252. The monoisotopic (exact) mass is 352 g/mol. The molecule has 0 aliphatic carbocycles. The molecule has 4 rings (SSSR count). The molecule has 0 amide bonds. The molecule has 0 atom stereocenters. The fourth-order valence-electron chi connectivity index (χ4n) is 2.74. The maximum Gasteiger partial charge on any atom is 0.182 e. The first-order valence-corrected chi connectivity index (χ1v) is 8.20. The molecule has 0 unspecified atom stereocenters. The highest BCUT2D eigenvalue weighted by atomic mass is 35.5. The van der Waals surface area contributed by atoms with Gasteiger partial charge in [-0.05, 0) is 19.1 Å². The standard InChI is InChI=1S/C19H14ClFN4/c1-12-10-22-19(23-18(12)20)17-14-7-3-5-9-16(14)25(24-17)11-13-6-2-4-8-15(13)21/h2-10H,11H2,1H3. The van der Waals surface area contributed by atoms with Crippen molar-refractivity contribution in [1.82, 2.24) is 19.7 Å². The zero-order chi connectivity index (χ0) is 17.4. The Bertz CT molecular complexity index is 1070. The third-order valence-corrected chi connectivity index (χ3v) is 4.44. The van der Waals surface area contributed by atoms with Crippen LogP contribution in [0.5, 0.6) is 0 Å². The van der Waals surface area contributed by atoms with Crippen LogP contribution in [0.3, 0.4) is 0 Å². The number of para-hydroxylation sites is 1. The Kier molecular flexibility index (Phi) is 3.93. The van der Waals surface area contributed by atoms with Crippen LogP contribution in [0.15, 0.2) is 54.7 Å². The number of nitrogens with zero attached hydrogens (tertiary/aromatic N) is 4. The maximum atomic E-state index is 14.0. The van der Waals surface area contributed by atoms with E-state index >= 15 is 0 Å². The van der Waals surface area contributed by atoms with E-state index in [-0.39, 0.29) is 5.82 Å². The van der Waals surface area contributed by atoms with Crippen LogP contribution in [0.4, 0.5) is 4.39 Å². The van der Waals surface area contributed by atoms with E-state index < -0.39 is 0 Å². The van der Waals surface area contributed by atoms with Gasteiger partial charge in [-0.25, -0.2) is 14.4 Å². The summed E-state index contributed by atoms with van der Waals surface area (Å²) in [6, 6.07) is 14.4. The molecule has 2 aromatic carbocycles. The lowest BCUT2D eigenvalue weighted by atomic mass is 10.2. The second kappa shape index (κ2) is 6.26. The lowest BCUT2D eigenvalue weighted by Crippen LogP contribution is -2.04. The molecule has 0 fully saturated rings. The predicted molar refractivity (Wildman–Crippen MR) is 96.0 cm³/mol. The number of fused-ring (bicyclic) bond motifs is 1. The molecule has 124 valence electrons. The highest BCUT2D eigenvalue weighted by Crippen LogP contribution is 2.27. The smallest absolute Gasteiger partial charge is 0.182 e. The van der Waals surface area contributed by atoms with Crippen LogP contribution < -0.4 is 0 Å². The summed E-state index contributed by atoms with van der Waals surface area (Å²) in [6.07, 6.45) is 1.68. The van der Waals surface area contributed by atoms with Gasteiger partial charge in [0.1, 0.15) is 16.7 Å². The van der Waals surface area contributed by atoms with Crippen LogP contribution in [0.25, 0.3) is 22.4 Å². The van der Waals surface area contributed by atoms with Crippen molar-refractivity contribution < 1.29 is 4.39 Å². The summed E-state index contributed by atoms with van der Waals surface area (Å²) < 4.78 is 15.8. The number of hydrogen-bond donors (Lipinski definition) is 0. The second-order valence-electron chi connectivity index (χ2n) is 5.78. The lowest BCUT2D eigenvalue weighted by Gasteiger charge is -2.04. The van der Waals surface area contributed by atoms with Crippen LogP contribution in [-0.4, -0.2) is 19.7 Å². The average molecular weight is 353 g/mol. The highest BCUT2D eigenvalue weighted by molar-refractivity contribution is 6.30. The Morgan fingerprint density at radius 3 is 2.64 bits per heavy atom. The molecule has 0 radical (unpaired) electrons. The normalized spacial score (nSPS) is 11.2. The number of benzene rings is 2. The summed E-state index contributed by atoms with van der Waals surface area (Å²) in [5.41, 5.74) is 2.90. The third kappa shape index (κ3) is 2.87. The van der Waals surface area contributed by atoms with Crippen molar-refractivity contribution in [2.75, 3.05) is 0 Å². The van der Waals surface area contributed by atoms with Crippen molar-refractivity contribution in [3.8, 4) is 11.5 Å². The molecule has 25 heavy (non-hydrogen) atoms. The van der Waals surface area contributed by atoms with Gasteiger partial charge in [-0.15, -0.1) is 0 Å². The minimum Gasteiger partial charge on any atom is -0.260 e. The molecular formula is C19H14ClFN4. The van der Waals surface area contributed by atoms with Gasteiger partial charge in [-0.3, -0.25) is 4.68 Å². The van der Waals surface area contributed by atoms with Gasteiger partial charge < -0.3 is 0 Å². The van der Waals surface area contributed by atoms with Crippen LogP contribution in [-0.2, 0) is 6.54 Å². The molecular weight excluding hydrogens is 339 g/mol. The molecule has 4 aromatic rings. The summed E-state index contributed by atoms with van der Waals surface area (Å²) in [7, 11) is 0. The molecule has 0 saturated carbocycles. The van der Waals surface area contributed by atoms with Crippen molar-refractivity contribution in [2.45, 2.75) is 13.5 Å². The average Bonchev–Trinajstić information content (AvgIpc) is 2.98. The van der Waals surface area contributed by atoms with Gasteiger partial charge in [0, 0.05) is 22.7 Å². The van der Waals surface area contributed by atoms with E-state index in [4.69, 9.17) is 11.6 Å². The van der Waals surface area contributed by atoms with Gasteiger partial charge in [0.15, 0.2) is 5.82 Å². The Labute approximate surface area is 148 Å². The first-order chi connectivity index (χ1) is 12.1. The Balaban J connectivity index is 1.87. The summed E-state index contributed by atoms with van der Waals surface area (Å²) in [6.45, 7) is 2.17. The van der Waals surface area contributed by atoms with Gasteiger partial charge in [-0.2, -0.15) is 5.10 Å². The minimum absolute atomic E-state index is 0.252. The van der Waals surface area contributed by atoms with Gasteiger partial charge in [0.05, 0.1) is 12.1 Å². The Morgan fingerprint density at radius 1 is 1.08 bits per heavy atom. The van der Waals surface area contributed by atoms with Crippen molar-refractivity contribution in [3.63, 3.8) is 0 Å². The number of aromatic nitrogens is 4. The number of hydrogen-bond acceptors (Lipinski definition) is 3. The van der Waals surface area contributed by atoms with E-state index in [1.165, 1.54) is 6.07 Å². The third-order valence-electron chi connectivity index (χ3n) is 4.06. The molecule has 6 heteroatoms. The number of rotatable bonds is 3. The van der Waals surface area contributed by atoms with Crippen LogP contribution in [0.1, 0.15) is 11.1 Å². The molecule has 0 aliphatic heterocycles. The Morgan fingerprint density at radius 2 is 1.84 bits per heavy atom. The Hall–Kier alpha value is -2.79. The second-order valence-corrected chi connectivity index (χ2v) is 6.14.